The molecule has 0 amide bonds. The van der Waals surface area contributed by atoms with Crippen molar-refractivity contribution in [3.63, 3.8) is 0 Å². The fourth-order valence-corrected chi connectivity index (χ4v) is 10.6. The lowest BCUT2D eigenvalue weighted by Crippen LogP contribution is -2.28. The summed E-state index contributed by atoms with van der Waals surface area (Å²) in [4.78, 5) is 2.39. The minimum atomic E-state index is 0.0175. The first-order chi connectivity index (χ1) is 27.8. The normalized spacial score (nSPS) is 14.6. The molecule has 8 aromatic carbocycles. The van der Waals surface area contributed by atoms with E-state index in [1.54, 1.807) is 0 Å². The third kappa shape index (κ3) is 4.50. The van der Waals surface area contributed by atoms with Crippen LogP contribution in [-0.4, -0.2) is 4.57 Å². The number of para-hydroxylation sites is 3. The van der Waals surface area contributed by atoms with E-state index in [2.05, 4.69) is 191 Å². The van der Waals surface area contributed by atoms with Gasteiger partial charge in [0.05, 0.1) is 16.7 Å². The highest BCUT2D eigenvalue weighted by Gasteiger charge is 2.47. The molecule has 0 saturated heterocycles. The third-order valence-electron chi connectivity index (χ3n) is 13.1. The van der Waals surface area contributed by atoms with Gasteiger partial charge in [-0.25, -0.2) is 0 Å². The van der Waals surface area contributed by atoms with Crippen LogP contribution in [0.2, 0.25) is 0 Å². The second-order valence-electron chi connectivity index (χ2n) is 16.0. The molecule has 1 fully saturated rings. The molecule has 1 saturated carbocycles. The van der Waals surface area contributed by atoms with Crippen molar-refractivity contribution in [2.24, 2.45) is 0 Å². The minimum Gasteiger partial charge on any atom is -0.310 e. The number of aromatic nitrogens is 1. The number of hydrogen-bond donors (Lipinski definition) is 0. The predicted molar refractivity (Wildman–Crippen MR) is 235 cm³/mol. The maximum atomic E-state index is 2.59. The van der Waals surface area contributed by atoms with Gasteiger partial charge in [0.25, 0.3) is 0 Å². The van der Waals surface area contributed by atoms with Crippen molar-refractivity contribution < 1.29 is 0 Å². The predicted octanol–water partition coefficient (Wildman–Crippen LogP) is 14.8. The first kappa shape index (κ1) is 31.7. The van der Waals surface area contributed by atoms with Crippen molar-refractivity contribution in [1.82, 2.24) is 4.57 Å². The smallest absolute Gasteiger partial charge is 0.0623 e. The van der Waals surface area contributed by atoms with E-state index < -0.39 is 0 Å². The standard InChI is InChI=1S/C54H40N2/c1-4-15-36(16-5-1)37-25-27-41(28-26-37)55(40-18-6-2-7-19-40)42-20-14-17-38(33-42)39-34-46-44-22-9-11-24-50(44)56-49-23-10-8-21-43(49)45-29-30-47-52(53(45)56)51(46)48(35-39)54(47)31-12-3-13-32-54/h1-2,4-11,14-30,33-35H,3,12-13,31-32H2. The summed E-state index contributed by atoms with van der Waals surface area (Å²) in [5, 5.41) is 2.69. The van der Waals surface area contributed by atoms with Crippen LogP contribution in [0.25, 0.3) is 72.0 Å². The lowest BCUT2D eigenvalue weighted by molar-refractivity contribution is 0.353. The molecule has 56 heavy (non-hydrogen) atoms. The zero-order valence-electron chi connectivity index (χ0n) is 31.3. The van der Waals surface area contributed by atoms with E-state index >= 15 is 0 Å². The van der Waals surface area contributed by atoms with Crippen LogP contribution in [0.15, 0.2) is 182 Å². The average Bonchev–Trinajstić information content (AvgIpc) is 3.69. The van der Waals surface area contributed by atoms with Crippen LogP contribution in [0.5, 0.6) is 0 Å². The van der Waals surface area contributed by atoms with Crippen LogP contribution in [0, 0.1) is 0 Å². The van der Waals surface area contributed by atoms with Gasteiger partial charge in [-0.3, -0.25) is 0 Å². The molecule has 1 spiro atoms. The van der Waals surface area contributed by atoms with Crippen LogP contribution < -0.4 is 4.90 Å². The molecule has 1 aliphatic heterocycles. The number of nitrogens with zero attached hydrogens (tertiary/aromatic N) is 2. The lowest BCUT2D eigenvalue weighted by Gasteiger charge is -2.36. The Morgan fingerprint density at radius 2 is 1.09 bits per heavy atom. The molecule has 2 heteroatoms. The molecule has 9 aromatic rings. The Morgan fingerprint density at radius 1 is 0.411 bits per heavy atom. The van der Waals surface area contributed by atoms with Crippen molar-refractivity contribution in [2.45, 2.75) is 37.5 Å². The maximum absolute atomic E-state index is 2.59. The fraction of sp³-hybridized carbons (Fsp3) is 0.111. The Hall–Kier alpha value is -6.64. The van der Waals surface area contributed by atoms with Gasteiger partial charge in [-0.05, 0) is 118 Å². The highest BCUT2D eigenvalue weighted by atomic mass is 15.1. The van der Waals surface area contributed by atoms with Gasteiger partial charge in [0.15, 0.2) is 0 Å². The summed E-state index contributed by atoms with van der Waals surface area (Å²) < 4.78 is 2.59. The molecule has 12 rings (SSSR count). The highest BCUT2D eigenvalue weighted by molar-refractivity contribution is 6.19. The second-order valence-corrected chi connectivity index (χ2v) is 16.0. The van der Waals surface area contributed by atoms with Gasteiger partial charge >= 0.3 is 0 Å². The Kier molecular flexibility index (Phi) is 6.89. The molecular weight excluding hydrogens is 677 g/mol. The number of rotatable bonds is 5. The van der Waals surface area contributed by atoms with Crippen molar-refractivity contribution in [2.75, 3.05) is 4.90 Å². The molecule has 0 unspecified atom stereocenters. The van der Waals surface area contributed by atoms with E-state index in [4.69, 9.17) is 0 Å². The molecule has 0 bridgehead atoms. The number of fused-ring (bicyclic) bond motifs is 8. The Bertz CT molecular complexity index is 2980. The molecule has 2 heterocycles. The molecule has 0 radical (unpaired) electrons. The molecule has 1 aromatic heterocycles. The van der Waals surface area contributed by atoms with Crippen molar-refractivity contribution in [1.29, 1.82) is 0 Å². The highest BCUT2D eigenvalue weighted by Crippen LogP contribution is 2.62. The molecule has 0 N–H and O–H groups in total. The van der Waals surface area contributed by atoms with E-state index in [0.29, 0.717) is 0 Å². The van der Waals surface area contributed by atoms with Gasteiger partial charge in [0.1, 0.15) is 0 Å². The quantitative estimate of drug-likeness (QED) is 0.172. The fourth-order valence-electron chi connectivity index (χ4n) is 10.6. The second kappa shape index (κ2) is 12.2. The Labute approximate surface area is 327 Å². The number of hydrogen-bond acceptors (Lipinski definition) is 1. The number of anilines is 3. The van der Waals surface area contributed by atoms with Crippen LogP contribution in [0.4, 0.5) is 17.1 Å². The summed E-state index contributed by atoms with van der Waals surface area (Å²) in [7, 11) is 0. The van der Waals surface area contributed by atoms with Gasteiger partial charge in [0.2, 0.25) is 0 Å². The monoisotopic (exact) mass is 716 g/mol. The van der Waals surface area contributed by atoms with E-state index in [1.165, 1.54) is 115 Å². The van der Waals surface area contributed by atoms with Crippen LogP contribution >= 0.6 is 0 Å². The summed E-state index contributed by atoms with van der Waals surface area (Å²) in [6.07, 6.45) is 6.24. The SMILES string of the molecule is c1ccc(-c2ccc(N(c3ccccc3)c3cccc(-c4cc5c6c(c4)C4(CCCCC4)c4ccc7c8ccccc8n(c7c4-6)-c4ccccc4-5)c3)cc2)cc1. The van der Waals surface area contributed by atoms with Gasteiger partial charge < -0.3 is 9.47 Å². The van der Waals surface area contributed by atoms with Crippen LogP contribution in [0.1, 0.15) is 43.2 Å². The number of benzene rings is 8. The summed E-state index contributed by atoms with van der Waals surface area (Å²) >= 11 is 0. The average molecular weight is 717 g/mol. The molecular formula is C54H40N2. The van der Waals surface area contributed by atoms with Crippen LogP contribution in [-0.2, 0) is 5.41 Å². The molecule has 0 atom stereocenters. The van der Waals surface area contributed by atoms with Crippen molar-refractivity contribution in [3.05, 3.63) is 193 Å². The summed E-state index contributed by atoms with van der Waals surface area (Å²) in [5.74, 6) is 0. The topological polar surface area (TPSA) is 8.17 Å². The van der Waals surface area contributed by atoms with E-state index in [0.717, 1.165) is 17.1 Å². The van der Waals surface area contributed by atoms with E-state index in [1.807, 2.05) is 0 Å². The first-order valence-electron chi connectivity index (χ1n) is 20.2. The lowest BCUT2D eigenvalue weighted by atomic mass is 9.67. The Balaban J connectivity index is 1.08. The largest absolute Gasteiger partial charge is 0.310 e. The van der Waals surface area contributed by atoms with Gasteiger partial charge in [-0.1, -0.05) is 141 Å². The van der Waals surface area contributed by atoms with Gasteiger partial charge in [-0.2, -0.15) is 0 Å². The Morgan fingerprint density at radius 3 is 1.93 bits per heavy atom. The molecule has 3 aliphatic rings. The van der Waals surface area contributed by atoms with Gasteiger partial charge in [-0.15, -0.1) is 0 Å². The molecule has 2 nitrogen and oxygen atoms in total. The first-order valence-corrected chi connectivity index (χ1v) is 20.2. The summed E-state index contributed by atoms with van der Waals surface area (Å²) in [6, 6.07) is 67.8. The minimum absolute atomic E-state index is 0.0175. The molecule has 2 aliphatic carbocycles. The summed E-state index contributed by atoms with van der Waals surface area (Å²) in [5.41, 5.74) is 21.0. The third-order valence-corrected chi connectivity index (χ3v) is 13.1. The molecule has 266 valence electrons. The van der Waals surface area contributed by atoms with Crippen molar-refractivity contribution >= 4 is 38.9 Å². The zero-order valence-corrected chi connectivity index (χ0v) is 31.3. The van der Waals surface area contributed by atoms with Crippen LogP contribution in [0.3, 0.4) is 0 Å². The maximum Gasteiger partial charge on any atom is 0.0623 e. The van der Waals surface area contributed by atoms with E-state index in [-0.39, 0.29) is 5.41 Å². The van der Waals surface area contributed by atoms with E-state index in [9.17, 15) is 0 Å². The zero-order chi connectivity index (χ0) is 36.8. The summed E-state index contributed by atoms with van der Waals surface area (Å²) in [6.45, 7) is 0. The van der Waals surface area contributed by atoms with Gasteiger partial charge in [0, 0.05) is 44.4 Å². The van der Waals surface area contributed by atoms with Crippen molar-refractivity contribution in [3.8, 4) is 50.2 Å².